The van der Waals surface area contributed by atoms with E-state index in [4.69, 9.17) is 28.7 Å². The number of unbranched alkanes of at least 4 members (excludes halogenated alkanes) is 1. The number of pyridine rings is 1. The topological polar surface area (TPSA) is 114 Å². The van der Waals surface area contributed by atoms with E-state index in [0.717, 1.165) is 29.9 Å². The molecule has 4 aromatic rings. The molecule has 5 rings (SSSR count). The predicted octanol–water partition coefficient (Wildman–Crippen LogP) is 5.65. The average molecular weight is 572 g/mol. The van der Waals surface area contributed by atoms with Crippen molar-refractivity contribution in [1.29, 1.82) is 0 Å². The number of carboxylic acids is 1. The third-order valence-electron chi connectivity index (χ3n) is 6.89. The first-order valence-corrected chi connectivity index (χ1v) is 13.7. The molecule has 0 spiro atoms. The Bertz CT molecular complexity index is 1580. The van der Waals surface area contributed by atoms with Gasteiger partial charge in [0.1, 0.15) is 29.7 Å². The third kappa shape index (κ3) is 6.33. The highest BCUT2D eigenvalue weighted by Crippen LogP contribution is 2.39. The summed E-state index contributed by atoms with van der Waals surface area (Å²) in [6.45, 7) is 2.52. The Hall–Kier alpha value is -4.99. The van der Waals surface area contributed by atoms with E-state index in [0.29, 0.717) is 53.0 Å². The van der Waals surface area contributed by atoms with E-state index in [2.05, 4.69) is 11.9 Å². The van der Waals surface area contributed by atoms with Gasteiger partial charge in [-0.2, -0.15) is 0 Å². The minimum atomic E-state index is -1.06. The van der Waals surface area contributed by atoms with Crippen LogP contribution in [0.4, 0.5) is 0 Å². The van der Waals surface area contributed by atoms with Crippen LogP contribution in [0.2, 0.25) is 0 Å². The van der Waals surface area contributed by atoms with Crippen LogP contribution < -0.4 is 23.7 Å². The number of hydrogen-bond acceptors (Lipinski definition) is 8. The number of hydrogen-bond donors (Lipinski definition) is 1. The Labute approximate surface area is 244 Å². The van der Waals surface area contributed by atoms with E-state index < -0.39 is 5.97 Å². The van der Waals surface area contributed by atoms with Gasteiger partial charge in [0.25, 0.3) is 0 Å². The first-order valence-electron chi connectivity index (χ1n) is 13.7. The zero-order valence-electron chi connectivity index (χ0n) is 23.8. The molecule has 42 heavy (non-hydrogen) atoms. The largest absolute Gasteiger partial charge is 0.497 e. The molecule has 2 aromatic heterocycles. The summed E-state index contributed by atoms with van der Waals surface area (Å²) in [5.41, 5.74) is 3.06. The number of rotatable bonds is 13. The van der Waals surface area contributed by atoms with Crippen LogP contribution in [-0.4, -0.2) is 46.6 Å². The van der Waals surface area contributed by atoms with Crippen LogP contribution in [0.1, 0.15) is 42.4 Å². The van der Waals surface area contributed by atoms with Gasteiger partial charge in [0.15, 0.2) is 11.5 Å². The molecular weight excluding hydrogens is 538 g/mol. The SMILES string of the molecule is CCCCc1ncc(/C=C(\Cc2cc3c(cc2OC)OCO3)C(=O)O)n1-c1ccc(OC)cc1OCc1cccnc1. The van der Waals surface area contributed by atoms with Crippen LogP contribution in [0.25, 0.3) is 11.8 Å². The van der Waals surface area contributed by atoms with Crippen molar-refractivity contribution in [2.24, 2.45) is 0 Å². The molecule has 218 valence electrons. The fraction of sp³-hybridized carbons (Fsp3) is 0.281. The van der Waals surface area contributed by atoms with Gasteiger partial charge < -0.3 is 28.8 Å². The minimum absolute atomic E-state index is 0.0948. The van der Waals surface area contributed by atoms with Crippen molar-refractivity contribution in [1.82, 2.24) is 14.5 Å². The van der Waals surface area contributed by atoms with Gasteiger partial charge in [-0.15, -0.1) is 0 Å². The fourth-order valence-corrected chi connectivity index (χ4v) is 4.73. The first-order chi connectivity index (χ1) is 20.5. The summed E-state index contributed by atoms with van der Waals surface area (Å²) in [4.78, 5) is 21.4. The maximum Gasteiger partial charge on any atom is 0.331 e. The Morgan fingerprint density at radius 2 is 1.90 bits per heavy atom. The highest BCUT2D eigenvalue weighted by atomic mass is 16.7. The van der Waals surface area contributed by atoms with E-state index in [1.165, 1.54) is 7.11 Å². The number of imidazole rings is 1. The lowest BCUT2D eigenvalue weighted by molar-refractivity contribution is -0.132. The molecule has 1 N–H and O–H groups in total. The quantitative estimate of drug-likeness (QED) is 0.204. The maximum absolute atomic E-state index is 12.5. The summed E-state index contributed by atoms with van der Waals surface area (Å²) in [7, 11) is 3.14. The van der Waals surface area contributed by atoms with Gasteiger partial charge >= 0.3 is 5.97 Å². The molecule has 10 heteroatoms. The zero-order chi connectivity index (χ0) is 29.5. The maximum atomic E-state index is 12.5. The van der Waals surface area contributed by atoms with Gasteiger partial charge in [-0.05, 0) is 36.8 Å². The molecule has 1 aliphatic rings. The van der Waals surface area contributed by atoms with Crippen molar-refractivity contribution in [3.8, 4) is 34.4 Å². The van der Waals surface area contributed by atoms with Gasteiger partial charge in [0.05, 0.1) is 31.8 Å². The van der Waals surface area contributed by atoms with Crippen LogP contribution in [-0.2, 0) is 24.2 Å². The van der Waals surface area contributed by atoms with E-state index >= 15 is 0 Å². The van der Waals surface area contributed by atoms with Crippen molar-refractivity contribution in [2.45, 2.75) is 39.2 Å². The number of fused-ring (bicyclic) bond motifs is 1. The molecular formula is C32H33N3O7. The normalized spacial score (nSPS) is 12.3. The number of carbonyl (C=O) groups is 1. The van der Waals surface area contributed by atoms with E-state index in [1.807, 2.05) is 34.9 Å². The number of carboxylic acid groups (broad SMARTS) is 1. The lowest BCUT2D eigenvalue weighted by Crippen LogP contribution is -2.09. The Morgan fingerprint density at radius 1 is 1.07 bits per heavy atom. The first kappa shape index (κ1) is 28.5. The fourth-order valence-electron chi connectivity index (χ4n) is 4.73. The monoisotopic (exact) mass is 571 g/mol. The minimum Gasteiger partial charge on any atom is -0.497 e. The number of aryl methyl sites for hydroxylation is 1. The Balaban J connectivity index is 1.57. The molecule has 0 bridgehead atoms. The van der Waals surface area contributed by atoms with Crippen LogP contribution in [0, 0.1) is 0 Å². The molecule has 0 atom stereocenters. The third-order valence-corrected chi connectivity index (χ3v) is 6.89. The number of aromatic nitrogens is 3. The number of aliphatic carboxylic acids is 1. The zero-order valence-corrected chi connectivity index (χ0v) is 23.8. The Kier molecular flexibility index (Phi) is 8.91. The van der Waals surface area contributed by atoms with Crippen molar-refractivity contribution in [2.75, 3.05) is 21.0 Å². The second-order valence-corrected chi connectivity index (χ2v) is 9.69. The van der Waals surface area contributed by atoms with E-state index in [-0.39, 0.29) is 18.8 Å². The van der Waals surface area contributed by atoms with Crippen molar-refractivity contribution >= 4 is 12.0 Å². The molecule has 2 aromatic carbocycles. The van der Waals surface area contributed by atoms with Crippen molar-refractivity contribution < 1.29 is 33.6 Å². The summed E-state index contributed by atoms with van der Waals surface area (Å²) < 4.78 is 30.2. The van der Waals surface area contributed by atoms with E-state index in [9.17, 15) is 9.90 Å². The molecule has 1 aliphatic heterocycles. The van der Waals surface area contributed by atoms with Crippen LogP contribution in [0.3, 0.4) is 0 Å². The van der Waals surface area contributed by atoms with Crippen LogP contribution >= 0.6 is 0 Å². The summed E-state index contributed by atoms with van der Waals surface area (Å²) in [6.07, 6.45) is 9.50. The molecule has 0 radical (unpaired) electrons. The van der Waals surface area contributed by atoms with Crippen molar-refractivity contribution in [3.05, 3.63) is 89.3 Å². The number of nitrogens with zero attached hydrogens (tertiary/aromatic N) is 3. The van der Waals surface area contributed by atoms with Crippen LogP contribution in [0.15, 0.2) is 66.6 Å². The van der Waals surface area contributed by atoms with Crippen molar-refractivity contribution in [3.63, 3.8) is 0 Å². The summed E-state index contributed by atoms with van der Waals surface area (Å²) in [6, 6.07) is 12.8. The van der Waals surface area contributed by atoms with Crippen LogP contribution in [0.5, 0.6) is 28.7 Å². The molecule has 3 heterocycles. The standard InChI is InChI=1S/C32H33N3O7/c1-4-5-8-31-34-18-24(13-23(32(36)37)12-22-14-29-30(42-20-41-29)16-27(22)39-3)35(31)26-10-9-25(38-2)15-28(26)40-19-21-7-6-11-33-17-21/h6-7,9-11,13-18H,4-5,8,12,19-20H2,1-3H3,(H,36,37)/b23-13+. The second-order valence-electron chi connectivity index (χ2n) is 9.69. The van der Waals surface area contributed by atoms with Gasteiger partial charge in [-0.3, -0.25) is 9.55 Å². The smallest absolute Gasteiger partial charge is 0.331 e. The molecule has 0 amide bonds. The van der Waals surface area contributed by atoms with Gasteiger partial charge in [-0.25, -0.2) is 9.78 Å². The highest BCUT2D eigenvalue weighted by Gasteiger charge is 2.22. The summed E-state index contributed by atoms with van der Waals surface area (Å²) in [5.74, 6) is 2.57. The molecule has 0 unspecified atom stereocenters. The number of benzene rings is 2. The lowest BCUT2D eigenvalue weighted by Gasteiger charge is -2.17. The molecule has 10 nitrogen and oxygen atoms in total. The van der Waals surface area contributed by atoms with E-state index in [1.54, 1.807) is 43.9 Å². The lowest BCUT2D eigenvalue weighted by atomic mass is 10.0. The molecule has 0 saturated carbocycles. The predicted molar refractivity (Wildman–Crippen MR) is 156 cm³/mol. The highest BCUT2D eigenvalue weighted by molar-refractivity contribution is 5.92. The van der Waals surface area contributed by atoms with Gasteiger partial charge in [0.2, 0.25) is 6.79 Å². The summed E-state index contributed by atoms with van der Waals surface area (Å²) in [5, 5.41) is 10.3. The summed E-state index contributed by atoms with van der Waals surface area (Å²) >= 11 is 0. The number of methoxy groups -OCH3 is 2. The van der Waals surface area contributed by atoms with Gasteiger partial charge in [-0.1, -0.05) is 19.4 Å². The molecule has 0 fully saturated rings. The molecule has 0 saturated heterocycles. The average Bonchev–Trinajstić information content (AvgIpc) is 3.64. The second kappa shape index (κ2) is 13.1. The van der Waals surface area contributed by atoms with Gasteiger partial charge in [0, 0.05) is 54.1 Å². The number of ether oxygens (including phenoxy) is 5. The Morgan fingerprint density at radius 3 is 2.62 bits per heavy atom. The molecule has 0 aliphatic carbocycles.